The minimum absolute atomic E-state index is 0.0910. The average molecular weight is 400 g/mol. The highest BCUT2D eigenvalue weighted by atomic mass is 35.5. The molecule has 2 amide bonds. The molecule has 0 aliphatic carbocycles. The predicted molar refractivity (Wildman–Crippen MR) is 107 cm³/mol. The predicted octanol–water partition coefficient (Wildman–Crippen LogP) is 4.16. The van der Waals surface area contributed by atoms with Crippen LogP contribution in [0, 0.1) is 17.0 Å². The van der Waals surface area contributed by atoms with E-state index in [2.05, 4.69) is 5.32 Å². The number of nitrogens with one attached hydrogen (secondary N) is 1. The highest BCUT2D eigenvalue weighted by Gasteiger charge is 2.38. The fraction of sp³-hybridized carbons (Fsp3) is 0.200. The van der Waals surface area contributed by atoms with Crippen molar-refractivity contribution in [3.8, 4) is 0 Å². The van der Waals surface area contributed by atoms with E-state index in [-0.39, 0.29) is 23.5 Å². The lowest BCUT2D eigenvalue weighted by molar-refractivity contribution is -0.384. The van der Waals surface area contributed by atoms with Crippen molar-refractivity contribution >= 4 is 40.4 Å². The summed E-state index contributed by atoms with van der Waals surface area (Å²) in [4.78, 5) is 37.4. The number of nitrogens with zero attached hydrogens (tertiary/aromatic N) is 2. The van der Waals surface area contributed by atoms with Crippen molar-refractivity contribution in [2.75, 3.05) is 11.9 Å². The van der Waals surface area contributed by atoms with Crippen LogP contribution in [-0.2, 0) is 9.59 Å². The number of carbonyl (C=O) groups is 2. The maximum absolute atomic E-state index is 12.9. The number of nitro benzene ring substituents is 1. The zero-order valence-electron chi connectivity index (χ0n) is 15.4. The maximum Gasteiger partial charge on any atom is 0.278 e. The summed E-state index contributed by atoms with van der Waals surface area (Å²) in [5.41, 5.74) is 2.03. The second kappa shape index (κ2) is 7.82. The number of rotatable bonds is 6. The number of non-ortho nitro benzene ring substituents is 1. The van der Waals surface area contributed by atoms with Gasteiger partial charge in [-0.25, -0.2) is 0 Å². The number of halogens is 1. The Morgan fingerprint density at radius 2 is 1.79 bits per heavy atom. The summed E-state index contributed by atoms with van der Waals surface area (Å²) in [5, 5.41) is 14.5. The van der Waals surface area contributed by atoms with E-state index in [9.17, 15) is 19.7 Å². The summed E-state index contributed by atoms with van der Waals surface area (Å²) in [6, 6.07) is 10.8. The van der Waals surface area contributed by atoms with Gasteiger partial charge in [0.05, 0.1) is 10.5 Å². The first-order valence-corrected chi connectivity index (χ1v) is 9.10. The average Bonchev–Trinajstić information content (AvgIpc) is 2.90. The van der Waals surface area contributed by atoms with Crippen LogP contribution in [0.1, 0.15) is 24.5 Å². The van der Waals surface area contributed by atoms with Crippen molar-refractivity contribution in [2.24, 2.45) is 0 Å². The van der Waals surface area contributed by atoms with Gasteiger partial charge in [-0.15, -0.1) is 0 Å². The van der Waals surface area contributed by atoms with Crippen molar-refractivity contribution in [1.82, 2.24) is 4.90 Å². The SMILES string of the molecule is CCCN1C(=O)C(Nc2cccc(Cl)c2C)=C(c2ccc([N+](=O)[O-])cc2)C1=O. The van der Waals surface area contributed by atoms with Crippen LogP contribution >= 0.6 is 11.6 Å². The molecular weight excluding hydrogens is 382 g/mol. The highest BCUT2D eigenvalue weighted by molar-refractivity contribution is 6.36. The molecule has 0 atom stereocenters. The third kappa shape index (κ3) is 3.48. The van der Waals surface area contributed by atoms with E-state index < -0.39 is 16.7 Å². The molecule has 1 N–H and O–H groups in total. The molecule has 0 bridgehead atoms. The number of anilines is 1. The third-order valence-corrected chi connectivity index (χ3v) is 4.92. The van der Waals surface area contributed by atoms with Gasteiger partial charge in [-0.2, -0.15) is 0 Å². The van der Waals surface area contributed by atoms with Gasteiger partial charge in [0.15, 0.2) is 0 Å². The number of benzene rings is 2. The molecule has 2 aromatic carbocycles. The molecule has 0 radical (unpaired) electrons. The number of amides is 2. The van der Waals surface area contributed by atoms with E-state index >= 15 is 0 Å². The van der Waals surface area contributed by atoms with Gasteiger partial charge in [-0.05, 0) is 48.7 Å². The van der Waals surface area contributed by atoms with Crippen molar-refractivity contribution < 1.29 is 14.5 Å². The first-order valence-electron chi connectivity index (χ1n) is 8.72. The van der Waals surface area contributed by atoms with Crippen molar-refractivity contribution in [1.29, 1.82) is 0 Å². The molecule has 0 saturated carbocycles. The van der Waals surface area contributed by atoms with Crippen LogP contribution in [0.2, 0.25) is 5.02 Å². The molecule has 28 heavy (non-hydrogen) atoms. The summed E-state index contributed by atoms with van der Waals surface area (Å²) in [6.45, 7) is 3.97. The molecule has 8 heteroatoms. The van der Waals surface area contributed by atoms with Crippen molar-refractivity contribution in [3.63, 3.8) is 0 Å². The Hall–Kier alpha value is -3.19. The Kier molecular flexibility index (Phi) is 5.46. The molecule has 1 aliphatic rings. The van der Waals surface area contributed by atoms with Gasteiger partial charge in [0, 0.05) is 29.4 Å². The van der Waals surface area contributed by atoms with E-state index in [1.807, 2.05) is 13.8 Å². The fourth-order valence-electron chi connectivity index (χ4n) is 3.01. The molecule has 144 valence electrons. The summed E-state index contributed by atoms with van der Waals surface area (Å²) < 4.78 is 0. The van der Waals surface area contributed by atoms with Gasteiger partial charge in [-0.1, -0.05) is 24.6 Å². The topological polar surface area (TPSA) is 92.6 Å². The lowest BCUT2D eigenvalue weighted by Crippen LogP contribution is -2.33. The normalized spacial score (nSPS) is 14.0. The van der Waals surface area contributed by atoms with Gasteiger partial charge in [0.1, 0.15) is 5.70 Å². The molecule has 0 unspecified atom stereocenters. The largest absolute Gasteiger partial charge is 0.350 e. The Morgan fingerprint density at radius 3 is 2.39 bits per heavy atom. The maximum atomic E-state index is 12.9. The van der Waals surface area contributed by atoms with Crippen molar-refractivity contribution in [2.45, 2.75) is 20.3 Å². The molecular formula is C20H18ClN3O4. The van der Waals surface area contributed by atoms with Gasteiger partial charge in [0.2, 0.25) is 0 Å². The van der Waals surface area contributed by atoms with E-state index in [1.165, 1.54) is 29.2 Å². The summed E-state index contributed by atoms with van der Waals surface area (Å²) >= 11 is 6.16. The Morgan fingerprint density at radius 1 is 1.11 bits per heavy atom. The number of nitro groups is 1. The van der Waals surface area contributed by atoms with Crippen LogP contribution in [0.5, 0.6) is 0 Å². The Labute approximate surface area is 166 Å². The Bertz CT molecular complexity index is 999. The smallest absolute Gasteiger partial charge is 0.278 e. The summed E-state index contributed by atoms with van der Waals surface area (Å²) in [7, 11) is 0. The van der Waals surface area contributed by atoms with E-state index in [0.717, 1.165) is 5.56 Å². The van der Waals surface area contributed by atoms with Crippen LogP contribution in [0.4, 0.5) is 11.4 Å². The Balaban J connectivity index is 2.10. The lowest BCUT2D eigenvalue weighted by Gasteiger charge is -2.14. The van der Waals surface area contributed by atoms with Crippen LogP contribution in [0.3, 0.4) is 0 Å². The third-order valence-electron chi connectivity index (χ3n) is 4.51. The zero-order chi connectivity index (χ0) is 20.4. The summed E-state index contributed by atoms with van der Waals surface area (Å²) in [5.74, 6) is -0.859. The first kappa shape index (κ1) is 19.6. The molecule has 1 heterocycles. The number of hydrogen-bond acceptors (Lipinski definition) is 5. The molecule has 7 nitrogen and oxygen atoms in total. The molecule has 2 aromatic rings. The van der Waals surface area contributed by atoms with Crippen LogP contribution in [0.15, 0.2) is 48.2 Å². The van der Waals surface area contributed by atoms with E-state index in [4.69, 9.17) is 11.6 Å². The van der Waals surface area contributed by atoms with Gasteiger partial charge < -0.3 is 5.32 Å². The minimum Gasteiger partial charge on any atom is -0.350 e. The molecule has 3 rings (SSSR count). The molecule has 0 aromatic heterocycles. The number of hydrogen-bond donors (Lipinski definition) is 1. The van der Waals surface area contributed by atoms with Crippen LogP contribution in [-0.4, -0.2) is 28.2 Å². The molecule has 1 aliphatic heterocycles. The molecule has 0 saturated heterocycles. The van der Waals surface area contributed by atoms with E-state index in [0.29, 0.717) is 22.7 Å². The number of carbonyl (C=O) groups excluding carboxylic acids is 2. The minimum atomic E-state index is -0.516. The quantitative estimate of drug-likeness (QED) is 0.447. The van der Waals surface area contributed by atoms with Crippen molar-refractivity contribution in [3.05, 3.63) is 74.4 Å². The molecule has 0 fully saturated rings. The van der Waals surface area contributed by atoms with Gasteiger partial charge in [-0.3, -0.25) is 24.6 Å². The highest BCUT2D eigenvalue weighted by Crippen LogP contribution is 2.33. The zero-order valence-corrected chi connectivity index (χ0v) is 16.1. The fourth-order valence-corrected chi connectivity index (χ4v) is 3.19. The molecule has 0 spiro atoms. The van der Waals surface area contributed by atoms with Crippen LogP contribution < -0.4 is 5.32 Å². The second-order valence-electron chi connectivity index (χ2n) is 6.35. The lowest BCUT2D eigenvalue weighted by atomic mass is 10.0. The number of imide groups is 1. The first-order chi connectivity index (χ1) is 13.3. The summed E-state index contributed by atoms with van der Waals surface area (Å²) in [6.07, 6.45) is 0.620. The second-order valence-corrected chi connectivity index (χ2v) is 6.76. The monoisotopic (exact) mass is 399 g/mol. The standard InChI is InChI=1S/C20H18ClN3O4/c1-3-11-23-19(25)17(13-7-9-14(10-8-13)24(27)28)18(20(23)26)22-16-6-4-5-15(21)12(16)2/h4-10,22H,3,11H2,1-2H3. The van der Waals surface area contributed by atoms with Gasteiger partial charge >= 0.3 is 0 Å². The van der Waals surface area contributed by atoms with Crippen LogP contribution in [0.25, 0.3) is 5.57 Å². The van der Waals surface area contributed by atoms with E-state index in [1.54, 1.807) is 18.2 Å². The van der Waals surface area contributed by atoms with Gasteiger partial charge in [0.25, 0.3) is 17.5 Å².